The standard InChI is InChI=1S/C13H12ClNO2/c14-9-5-7-10(8-6-9)15-12-4-2-1-3-11(12)13(16)17/h1-2,4-8,11,15H,3H2,(H,16,17). The third kappa shape index (κ3) is 2.88. The minimum Gasteiger partial charge on any atom is -0.481 e. The number of rotatable bonds is 3. The quantitative estimate of drug-likeness (QED) is 0.864. The molecule has 2 rings (SSSR count). The number of anilines is 1. The second-order valence-electron chi connectivity index (χ2n) is 3.81. The van der Waals surface area contributed by atoms with E-state index in [4.69, 9.17) is 16.7 Å². The first-order valence-electron chi connectivity index (χ1n) is 5.29. The highest BCUT2D eigenvalue weighted by molar-refractivity contribution is 6.30. The lowest BCUT2D eigenvalue weighted by Gasteiger charge is -2.19. The molecule has 0 bridgehead atoms. The maximum absolute atomic E-state index is 11.1. The summed E-state index contributed by atoms with van der Waals surface area (Å²) < 4.78 is 0. The Balaban J connectivity index is 2.16. The molecule has 0 amide bonds. The minimum absolute atomic E-state index is 0.504. The summed E-state index contributed by atoms with van der Waals surface area (Å²) in [5.41, 5.74) is 1.53. The van der Waals surface area contributed by atoms with Crippen LogP contribution in [0.15, 0.2) is 48.2 Å². The van der Waals surface area contributed by atoms with Crippen LogP contribution in [0.25, 0.3) is 0 Å². The van der Waals surface area contributed by atoms with Crippen LogP contribution in [0.1, 0.15) is 6.42 Å². The Labute approximate surface area is 104 Å². The molecule has 0 saturated heterocycles. The summed E-state index contributed by atoms with van der Waals surface area (Å²) in [4.78, 5) is 11.1. The van der Waals surface area contributed by atoms with Crippen molar-refractivity contribution in [3.63, 3.8) is 0 Å². The van der Waals surface area contributed by atoms with Gasteiger partial charge in [0.1, 0.15) is 5.92 Å². The van der Waals surface area contributed by atoms with Crippen LogP contribution in [0, 0.1) is 5.92 Å². The summed E-state index contributed by atoms with van der Waals surface area (Å²) in [5.74, 6) is -1.32. The van der Waals surface area contributed by atoms with Gasteiger partial charge in [0.25, 0.3) is 0 Å². The average Bonchev–Trinajstić information content (AvgIpc) is 2.32. The average molecular weight is 250 g/mol. The number of benzene rings is 1. The van der Waals surface area contributed by atoms with Gasteiger partial charge in [-0.25, -0.2) is 0 Å². The highest BCUT2D eigenvalue weighted by atomic mass is 35.5. The summed E-state index contributed by atoms with van der Waals surface area (Å²) in [6, 6.07) is 7.17. The summed E-state index contributed by atoms with van der Waals surface area (Å²) in [6.45, 7) is 0. The van der Waals surface area contributed by atoms with Crippen molar-refractivity contribution in [1.29, 1.82) is 0 Å². The SMILES string of the molecule is O=C(O)C1CC=CC=C1Nc1ccc(Cl)cc1. The zero-order valence-electron chi connectivity index (χ0n) is 9.06. The van der Waals surface area contributed by atoms with Gasteiger partial charge in [-0.15, -0.1) is 0 Å². The van der Waals surface area contributed by atoms with E-state index in [0.717, 1.165) is 5.69 Å². The largest absolute Gasteiger partial charge is 0.481 e. The normalized spacial score (nSPS) is 18.6. The van der Waals surface area contributed by atoms with Crippen LogP contribution in [0.3, 0.4) is 0 Å². The Bertz CT molecular complexity index is 477. The van der Waals surface area contributed by atoms with Gasteiger partial charge < -0.3 is 10.4 Å². The third-order valence-electron chi connectivity index (χ3n) is 2.59. The van der Waals surface area contributed by atoms with Crippen LogP contribution in [0.2, 0.25) is 5.02 Å². The Morgan fingerprint density at radius 2 is 2.06 bits per heavy atom. The lowest BCUT2D eigenvalue weighted by atomic mass is 9.97. The fraction of sp³-hybridized carbons (Fsp3) is 0.154. The van der Waals surface area contributed by atoms with Crippen LogP contribution in [0.5, 0.6) is 0 Å². The first-order chi connectivity index (χ1) is 8.16. The van der Waals surface area contributed by atoms with Crippen LogP contribution < -0.4 is 5.32 Å². The van der Waals surface area contributed by atoms with E-state index in [1.807, 2.05) is 24.3 Å². The molecule has 0 aliphatic heterocycles. The van der Waals surface area contributed by atoms with Gasteiger partial charge in [0, 0.05) is 16.4 Å². The molecule has 2 N–H and O–H groups in total. The molecule has 1 aliphatic rings. The Hall–Kier alpha value is -1.74. The van der Waals surface area contributed by atoms with E-state index in [1.54, 1.807) is 18.2 Å². The zero-order valence-corrected chi connectivity index (χ0v) is 9.82. The molecule has 1 aliphatic carbocycles. The predicted molar refractivity (Wildman–Crippen MR) is 68.0 cm³/mol. The van der Waals surface area contributed by atoms with Crippen molar-refractivity contribution in [3.05, 3.63) is 53.2 Å². The Morgan fingerprint density at radius 3 is 2.71 bits per heavy atom. The lowest BCUT2D eigenvalue weighted by Crippen LogP contribution is -2.21. The molecule has 0 fully saturated rings. The number of nitrogens with one attached hydrogen (secondary N) is 1. The molecule has 0 aromatic heterocycles. The monoisotopic (exact) mass is 249 g/mol. The number of hydrogen-bond acceptors (Lipinski definition) is 2. The van der Waals surface area contributed by atoms with E-state index >= 15 is 0 Å². The van der Waals surface area contributed by atoms with Crippen molar-refractivity contribution in [2.45, 2.75) is 6.42 Å². The molecule has 3 nitrogen and oxygen atoms in total. The first kappa shape index (κ1) is 11.7. The van der Waals surface area contributed by atoms with Gasteiger partial charge in [0.05, 0.1) is 0 Å². The highest BCUT2D eigenvalue weighted by Crippen LogP contribution is 2.23. The van der Waals surface area contributed by atoms with Gasteiger partial charge in [0.15, 0.2) is 0 Å². The van der Waals surface area contributed by atoms with Gasteiger partial charge in [0.2, 0.25) is 0 Å². The topological polar surface area (TPSA) is 49.3 Å². The molecule has 0 radical (unpaired) electrons. The van der Waals surface area contributed by atoms with E-state index in [-0.39, 0.29) is 0 Å². The van der Waals surface area contributed by atoms with Gasteiger partial charge in [-0.05, 0) is 36.8 Å². The molecule has 0 heterocycles. The number of halogens is 1. The van der Waals surface area contributed by atoms with Crippen molar-refractivity contribution in [2.24, 2.45) is 5.92 Å². The molecule has 0 spiro atoms. The van der Waals surface area contributed by atoms with Crippen LogP contribution in [-0.2, 0) is 4.79 Å². The van der Waals surface area contributed by atoms with E-state index < -0.39 is 11.9 Å². The van der Waals surface area contributed by atoms with Gasteiger partial charge >= 0.3 is 5.97 Å². The number of aliphatic carboxylic acids is 1. The number of carbonyl (C=O) groups is 1. The van der Waals surface area contributed by atoms with E-state index in [9.17, 15) is 4.79 Å². The van der Waals surface area contributed by atoms with Gasteiger partial charge in [-0.1, -0.05) is 23.8 Å². The molecule has 88 valence electrons. The van der Waals surface area contributed by atoms with Crippen molar-refractivity contribution < 1.29 is 9.90 Å². The van der Waals surface area contributed by atoms with E-state index in [0.29, 0.717) is 17.1 Å². The van der Waals surface area contributed by atoms with Gasteiger partial charge in [-0.2, -0.15) is 0 Å². The second-order valence-corrected chi connectivity index (χ2v) is 4.25. The molecule has 1 unspecified atom stereocenters. The van der Waals surface area contributed by atoms with Crippen molar-refractivity contribution in [2.75, 3.05) is 5.32 Å². The van der Waals surface area contributed by atoms with Crippen LogP contribution in [-0.4, -0.2) is 11.1 Å². The summed E-state index contributed by atoms with van der Waals surface area (Å²) in [6.07, 6.45) is 6.02. The number of carboxylic acid groups (broad SMARTS) is 1. The van der Waals surface area contributed by atoms with E-state index in [1.165, 1.54) is 0 Å². The molecule has 4 heteroatoms. The first-order valence-corrected chi connectivity index (χ1v) is 5.67. The summed E-state index contributed by atoms with van der Waals surface area (Å²) >= 11 is 5.79. The zero-order chi connectivity index (χ0) is 12.3. The minimum atomic E-state index is -0.818. The molecular weight excluding hydrogens is 238 g/mol. The van der Waals surface area contributed by atoms with Crippen LogP contribution >= 0.6 is 11.6 Å². The van der Waals surface area contributed by atoms with Crippen molar-refractivity contribution >= 4 is 23.3 Å². The number of carboxylic acids is 1. The van der Waals surface area contributed by atoms with E-state index in [2.05, 4.69) is 5.32 Å². The number of hydrogen-bond donors (Lipinski definition) is 2. The van der Waals surface area contributed by atoms with Crippen molar-refractivity contribution in [3.8, 4) is 0 Å². The summed E-state index contributed by atoms with van der Waals surface area (Å²) in [7, 11) is 0. The molecule has 1 aromatic rings. The molecule has 0 saturated carbocycles. The molecular formula is C13H12ClNO2. The predicted octanol–water partition coefficient (Wildman–Crippen LogP) is 3.30. The molecule has 1 aromatic carbocycles. The van der Waals surface area contributed by atoms with Crippen LogP contribution in [0.4, 0.5) is 5.69 Å². The smallest absolute Gasteiger partial charge is 0.312 e. The highest BCUT2D eigenvalue weighted by Gasteiger charge is 2.22. The molecule has 17 heavy (non-hydrogen) atoms. The lowest BCUT2D eigenvalue weighted by molar-refractivity contribution is -0.140. The summed E-state index contributed by atoms with van der Waals surface area (Å²) in [5, 5.41) is 12.9. The fourth-order valence-corrected chi connectivity index (χ4v) is 1.82. The third-order valence-corrected chi connectivity index (χ3v) is 2.84. The second kappa shape index (κ2) is 5.06. The van der Waals surface area contributed by atoms with Crippen molar-refractivity contribution in [1.82, 2.24) is 0 Å². The fourth-order valence-electron chi connectivity index (χ4n) is 1.69. The number of allylic oxidation sites excluding steroid dienone is 3. The Morgan fingerprint density at radius 1 is 1.35 bits per heavy atom. The molecule has 1 atom stereocenters. The van der Waals surface area contributed by atoms with Gasteiger partial charge in [-0.3, -0.25) is 4.79 Å². The Kier molecular flexibility index (Phi) is 3.49. The maximum atomic E-state index is 11.1. The maximum Gasteiger partial charge on any atom is 0.312 e.